The van der Waals surface area contributed by atoms with E-state index < -0.39 is 21.3 Å². The zero-order valence-corrected chi connectivity index (χ0v) is 18.6. The largest absolute Gasteiger partial charge is 0.494 e. The molecule has 1 aliphatic heterocycles. The van der Waals surface area contributed by atoms with Crippen LogP contribution in [0, 0.1) is 5.92 Å². The molecule has 0 spiro atoms. The van der Waals surface area contributed by atoms with Gasteiger partial charge in [-0.05, 0) is 44.4 Å². The Morgan fingerprint density at radius 2 is 1.93 bits per heavy atom. The molecule has 1 aromatic carbocycles. The van der Waals surface area contributed by atoms with Crippen LogP contribution in [0.25, 0.3) is 0 Å². The number of allylic oxidation sites excluding steroid dienone is 1. The summed E-state index contributed by atoms with van der Waals surface area (Å²) in [5, 5.41) is 3.52. The van der Waals surface area contributed by atoms with Gasteiger partial charge in [0, 0.05) is 36.3 Å². The minimum Gasteiger partial charge on any atom is -0.494 e. The molecule has 1 atom stereocenters. The molecule has 1 unspecified atom stereocenters. The normalized spacial score (nSPS) is 16.8. The molecule has 0 bridgehead atoms. The van der Waals surface area contributed by atoms with E-state index in [1.54, 1.807) is 19.9 Å². The number of nitrogens with one attached hydrogen (secondary N) is 1. The highest BCUT2D eigenvalue weighted by atomic mass is 32.2. The molecule has 164 valence electrons. The number of carbonyl (C=O) groups excluding carboxylic acids is 2. The van der Waals surface area contributed by atoms with Crippen LogP contribution in [0.4, 0.5) is 0 Å². The maximum absolute atomic E-state index is 11.8. The second-order valence-electron chi connectivity index (χ2n) is 7.88. The third kappa shape index (κ3) is 7.67. The number of hydrogen-bond acceptors (Lipinski definition) is 6. The summed E-state index contributed by atoms with van der Waals surface area (Å²) in [5.74, 6) is 1.08. The maximum Gasteiger partial charge on any atom is 0.244 e. The van der Waals surface area contributed by atoms with Gasteiger partial charge in [0.2, 0.25) is 11.7 Å². The molecule has 0 fully saturated rings. The summed E-state index contributed by atoms with van der Waals surface area (Å²) in [6.07, 6.45) is 4.96. The van der Waals surface area contributed by atoms with Gasteiger partial charge in [-0.1, -0.05) is 19.1 Å². The molecule has 0 aliphatic carbocycles. The third-order valence-electron chi connectivity index (χ3n) is 4.65. The minimum atomic E-state index is -3.31. The molecule has 0 radical (unpaired) electrons. The molecule has 0 saturated heterocycles. The Morgan fingerprint density at radius 1 is 1.27 bits per heavy atom. The van der Waals surface area contributed by atoms with Gasteiger partial charge in [-0.25, -0.2) is 8.42 Å². The van der Waals surface area contributed by atoms with Gasteiger partial charge in [0.25, 0.3) is 0 Å². The average Bonchev–Trinajstić information content (AvgIpc) is 2.93. The fraction of sp³-hybridized carbons (Fsp3) is 0.455. The molecule has 2 rings (SSSR count). The van der Waals surface area contributed by atoms with Gasteiger partial charge in [-0.3, -0.25) is 9.59 Å². The van der Waals surface area contributed by atoms with E-state index in [1.807, 2.05) is 31.2 Å². The first kappa shape index (κ1) is 23.7. The smallest absolute Gasteiger partial charge is 0.244 e. The zero-order chi connectivity index (χ0) is 22.4. The summed E-state index contributed by atoms with van der Waals surface area (Å²) >= 11 is 0. The Labute approximate surface area is 178 Å². The topological polar surface area (TPSA) is 98.8 Å². The summed E-state index contributed by atoms with van der Waals surface area (Å²) in [4.78, 5) is 23.4. The Morgan fingerprint density at radius 3 is 2.50 bits per heavy atom. The van der Waals surface area contributed by atoms with Gasteiger partial charge in [-0.15, -0.1) is 0 Å². The van der Waals surface area contributed by atoms with Gasteiger partial charge >= 0.3 is 0 Å². The van der Waals surface area contributed by atoms with Crippen molar-refractivity contribution in [1.29, 1.82) is 0 Å². The number of amides is 1. The number of sulfone groups is 1. The summed E-state index contributed by atoms with van der Waals surface area (Å²) in [5.41, 5.74) is 0.248. The second kappa shape index (κ2) is 9.93. The molecular formula is C22H29NO6S. The lowest BCUT2D eigenvalue weighted by Crippen LogP contribution is -2.28. The van der Waals surface area contributed by atoms with Crippen LogP contribution in [-0.2, 0) is 30.6 Å². The van der Waals surface area contributed by atoms with Crippen LogP contribution in [-0.4, -0.2) is 45.1 Å². The van der Waals surface area contributed by atoms with Gasteiger partial charge in [0.05, 0.1) is 6.61 Å². The van der Waals surface area contributed by atoms with Gasteiger partial charge in [0.15, 0.2) is 15.4 Å². The van der Waals surface area contributed by atoms with Gasteiger partial charge in [-0.2, -0.15) is 0 Å². The quantitative estimate of drug-likeness (QED) is 0.567. The standard InChI is InChI=1S/C22H29NO6S/c1-16(19-15-20(24)22(2,3)29-19)10-13-28-18-7-5-17(6-8-18)9-12-23-21(25)11-14-30(4,26)27/h5-8,11,14-16H,9-10,12-13H2,1-4H3,(H,23,25). The first-order chi connectivity index (χ1) is 14.0. The van der Waals surface area contributed by atoms with Gasteiger partial charge < -0.3 is 14.8 Å². The van der Waals surface area contributed by atoms with Crippen LogP contribution in [0.2, 0.25) is 0 Å². The summed E-state index contributed by atoms with van der Waals surface area (Å²) in [6.45, 7) is 6.43. The molecule has 0 saturated carbocycles. The third-order valence-corrected chi connectivity index (χ3v) is 5.28. The highest BCUT2D eigenvalue weighted by molar-refractivity contribution is 7.93. The highest BCUT2D eigenvalue weighted by Gasteiger charge is 2.36. The van der Waals surface area contributed by atoms with E-state index in [1.165, 1.54) is 0 Å². The molecule has 1 heterocycles. The summed E-state index contributed by atoms with van der Waals surface area (Å²) in [7, 11) is -3.31. The lowest BCUT2D eigenvalue weighted by atomic mass is 10.0. The van der Waals surface area contributed by atoms with E-state index >= 15 is 0 Å². The molecule has 1 aliphatic rings. The maximum atomic E-state index is 11.8. The fourth-order valence-corrected chi connectivity index (χ4v) is 3.11. The van der Waals surface area contributed by atoms with Crippen molar-refractivity contribution in [2.75, 3.05) is 19.4 Å². The van der Waals surface area contributed by atoms with Crippen molar-refractivity contribution in [3.63, 3.8) is 0 Å². The van der Waals surface area contributed by atoms with E-state index in [0.29, 0.717) is 25.3 Å². The number of rotatable bonds is 10. The zero-order valence-electron chi connectivity index (χ0n) is 17.8. The molecule has 1 aromatic rings. The van der Waals surface area contributed by atoms with Crippen LogP contribution in [0.3, 0.4) is 0 Å². The number of carbonyl (C=O) groups is 2. The number of ether oxygens (including phenoxy) is 2. The van der Waals surface area contributed by atoms with Crippen molar-refractivity contribution in [2.24, 2.45) is 5.92 Å². The first-order valence-corrected chi connectivity index (χ1v) is 11.7. The average molecular weight is 436 g/mol. The monoisotopic (exact) mass is 435 g/mol. The highest BCUT2D eigenvalue weighted by Crippen LogP contribution is 2.30. The van der Waals surface area contributed by atoms with Gasteiger partial charge in [0.1, 0.15) is 11.5 Å². The van der Waals surface area contributed by atoms with E-state index in [4.69, 9.17) is 9.47 Å². The van der Waals surface area contributed by atoms with E-state index in [-0.39, 0.29) is 11.7 Å². The molecule has 30 heavy (non-hydrogen) atoms. The van der Waals surface area contributed by atoms with Crippen LogP contribution >= 0.6 is 0 Å². The summed E-state index contributed by atoms with van der Waals surface area (Å²) < 4.78 is 33.5. The molecule has 1 N–H and O–H groups in total. The van der Waals surface area contributed by atoms with Crippen LogP contribution in [0.5, 0.6) is 5.75 Å². The predicted octanol–water partition coefficient (Wildman–Crippen LogP) is 2.57. The summed E-state index contributed by atoms with van der Waals surface area (Å²) in [6, 6.07) is 7.56. The Hall–Kier alpha value is -2.61. The lowest BCUT2D eigenvalue weighted by Gasteiger charge is -2.21. The van der Waals surface area contributed by atoms with Crippen LogP contribution in [0.15, 0.2) is 47.6 Å². The number of hydrogen-bond donors (Lipinski definition) is 1. The number of benzene rings is 1. The molecular weight excluding hydrogens is 406 g/mol. The predicted molar refractivity (Wildman–Crippen MR) is 115 cm³/mol. The number of ketones is 1. The minimum absolute atomic E-state index is 0.0107. The van der Waals surface area contributed by atoms with E-state index in [2.05, 4.69) is 5.32 Å². The van der Waals surface area contributed by atoms with Crippen LogP contribution in [0.1, 0.15) is 32.8 Å². The van der Waals surface area contributed by atoms with Crippen molar-refractivity contribution < 1.29 is 27.5 Å². The fourth-order valence-electron chi connectivity index (χ4n) is 2.74. The molecule has 7 nitrogen and oxygen atoms in total. The lowest BCUT2D eigenvalue weighted by molar-refractivity contribution is -0.127. The van der Waals surface area contributed by atoms with Crippen molar-refractivity contribution in [3.8, 4) is 5.75 Å². The van der Waals surface area contributed by atoms with Crippen molar-refractivity contribution in [2.45, 2.75) is 39.2 Å². The van der Waals surface area contributed by atoms with Crippen molar-refractivity contribution in [3.05, 3.63) is 53.1 Å². The van der Waals surface area contributed by atoms with Crippen molar-refractivity contribution in [1.82, 2.24) is 5.32 Å². The molecule has 0 aromatic heterocycles. The molecule has 8 heteroatoms. The SMILES string of the molecule is CC(CCOc1ccc(CCNC(=O)C=CS(C)(=O)=O)cc1)C1=CC(=O)C(C)(C)O1. The Kier molecular flexibility index (Phi) is 7.83. The molecule has 1 amide bonds. The van der Waals surface area contributed by atoms with E-state index in [0.717, 1.165) is 35.5 Å². The van der Waals surface area contributed by atoms with Crippen molar-refractivity contribution >= 4 is 21.5 Å². The van der Waals surface area contributed by atoms with E-state index in [9.17, 15) is 18.0 Å². The Balaban J connectivity index is 1.71. The second-order valence-corrected chi connectivity index (χ2v) is 9.81. The van der Waals surface area contributed by atoms with Crippen LogP contribution < -0.4 is 10.1 Å². The first-order valence-electron chi connectivity index (χ1n) is 9.79. The Bertz CT molecular complexity index is 929.